The number of hydrogen-bond acceptors (Lipinski definition) is 2. The molecule has 1 atom stereocenters. The predicted octanol–water partition coefficient (Wildman–Crippen LogP) is 5.20. The maximum Gasteiger partial charge on any atom is 0.160 e. The molecule has 1 aromatic carbocycles. The maximum absolute atomic E-state index is 6.09. The third-order valence-corrected chi connectivity index (χ3v) is 4.32. The molecule has 6 heteroatoms. The number of halogens is 3. The van der Waals surface area contributed by atoms with Gasteiger partial charge < -0.3 is 4.57 Å². The third kappa shape index (κ3) is 2.80. The lowest BCUT2D eigenvalue weighted by Gasteiger charge is -2.17. The smallest absolute Gasteiger partial charge is 0.160 e. The summed E-state index contributed by atoms with van der Waals surface area (Å²) in [6, 6.07) is 9.80. The van der Waals surface area contributed by atoms with Crippen LogP contribution in [0, 0.1) is 0 Å². The molecule has 0 fully saturated rings. The number of fused-ring (bicyclic) bond motifs is 1. The van der Waals surface area contributed by atoms with E-state index in [1.165, 1.54) is 0 Å². The van der Waals surface area contributed by atoms with Crippen molar-refractivity contribution in [2.45, 2.75) is 18.8 Å². The number of aromatic nitrogens is 3. The van der Waals surface area contributed by atoms with Crippen LogP contribution >= 0.6 is 39.1 Å². The monoisotopic (exact) mass is 383 g/mol. The van der Waals surface area contributed by atoms with Crippen LogP contribution in [0.1, 0.15) is 24.4 Å². The molecule has 3 aromatic rings. The van der Waals surface area contributed by atoms with Gasteiger partial charge in [-0.3, -0.25) is 0 Å². The zero-order chi connectivity index (χ0) is 15.0. The molecule has 3 rings (SSSR count). The first-order valence-electron chi connectivity index (χ1n) is 6.44. The Hall–Kier alpha value is -1.10. The van der Waals surface area contributed by atoms with Crippen LogP contribution in [0.5, 0.6) is 0 Å². The first-order chi connectivity index (χ1) is 10.1. The van der Waals surface area contributed by atoms with Gasteiger partial charge in [0.25, 0.3) is 0 Å². The molecule has 2 aromatic heterocycles. The predicted molar refractivity (Wildman–Crippen MR) is 90.1 cm³/mol. The molecule has 0 saturated carbocycles. The van der Waals surface area contributed by atoms with Gasteiger partial charge in [-0.15, -0.1) is 11.6 Å². The minimum absolute atomic E-state index is 0.0520. The van der Waals surface area contributed by atoms with Gasteiger partial charge in [0.1, 0.15) is 11.3 Å². The number of nitrogens with zero attached hydrogens (tertiary/aromatic N) is 3. The molecule has 0 bridgehead atoms. The molecule has 1 unspecified atom stereocenters. The zero-order valence-corrected chi connectivity index (χ0v) is 14.3. The molecular formula is C15H12BrCl2N3. The fourth-order valence-corrected chi connectivity index (χ4v) is 3.13. The average Bonchev–Trinajstić information content (AvgIpc) is 2.83. The lowest BCUT2D eigenvalue weighted by atomic mass is 10.1. The van der Waals surface area contributed by atoms with E-state index < -0.39 is 0 Å². The van der Waals surface area contributed by atoms with E-state index in [0.29, 0.717) is 10.9 Å². The average molecular weight is 385 g/mol. The Morgan fingerprint density at radius 2 is 2.14 bits per heavy atom. The van der Waals surface area contributed by atoms with Crippen molar-refractivity contribution in [2.75, 3.05) is 0 Å². The number of alkyl halides is 1. The van der Waals surface area contributed by atoms with Crippen LogP contribution in [0.25, 0.3) is 11.2 Å². The van der Waals surface area contributed by atoms with Gasteiger partial charge in [0.15, 0.2) is 5.65 Å². The Kier molecular flexibility index (Phi) is 4.20. The normalized spacial score (nSPS) is 12.8. The number of imidazole rings is 1. The fraction of sp³-hybridized carbons (Fsp3) is 0.200. The molecule has 3 nitrogen and oxygen atoms in total. The van der Waals surface area contributed by atoms with Gasteiger partial charge in [-0.1, -0.05) is 23.7 Å². The van der Waals surface area contributed by atoms with E-state index in [4.69, 9.17) is 23.2 Å². The summed E-state index contributed by atoms with van der Waals surface area (Å²) < 4.78 is 2.96. The summed E-state index contributed by atoms with van der Waals surface area (Å²) in [5.74, 6) is 1.13. The van der Waals surface area contributed by atoms with Gasteiger partial charge in [-0.25, -0.2) is 9.97 Å². The highest BCUT2D eigenvalue weighted by molar-refractivity contribution is 9.10. The summed E-state index contributed by atoms with van der Waals surface area (Å²) in [6.45, 7) is 2.09. The van der Waals surface area contributed by atoms with E-state index >= 15 is 0 Å². The minimum atomic E-state index is 0.0520. The van der Waals surface area contributed by atoms with E-state index in [1.807, 2.05) is 30.3 Å². The van der Waals surface area contributed by atoms with Crippen molar-refractivity contribution in [3.05, 3.63) is 57.4 Å². The van der Waals surface area contributed by atoms with E-state index in [-0.39, 0.29) is 6.04 Å². The van der Waals surface area contributed by atoms with Crippen LogP contribution in [0.3, 0.4) is 0 Å². The molecule has 0 aliphatic rings. The first kappa shape index (κ1) is 14.8. The summed E-state index contributed by atoms with van der Waals surface area (Å²) in [5.41, 5.74) is 2.74. The third-order valence-electron chi connectivity index (χ3n) is 3.41. The molecule has 0 aliphatic carbocycles. The fourth-order valence-electron chi connectivity index (χ4n) is 2.42. The van der Waals surface area contributed by atoms with Gasteiger partial charge in [-0.2, -0.15) is 0 Å². The number of pyridine rings is 1. The van der Waals surface area contributed by atoms with Gasteiger partial charge in [0.05, 0.1) is 11.9 Å². The summed E-state index contributed by atoms with van der Waals surface area (Å²) in [7, 11) is 0. The molecule has 0 aliphatic heterocycles. The van der Waals surface area contributed by atoms with Crippen molar-refractivity contribution in [1.82, 2.24) is 14.5 Å². The van der Waals surface area contributed by atoms with Crippen molar-refractivity contribution in [1.29, 1.82) is 0 Å². The molecule has 0 saturated heterocycles. The Morgan fingerprint density at radius 3 is 2.86 bits per heavy atom. The van der Waals surface area contributed by atoms with Crippen molar-refractivity contribution in [3.8, 4) is 0 Å². The van der Waals surface area contributed by atoms with Gasteiger partial charge in [0, 0.05) is 15.7 Å². The molecule has 21 heavy (non-hydrogen) atoms. The lowest BCUT2D eigenvalue weighted by molar-refractivity contribution is 0.629. The van der Waals surface area contributed by atoms with Gasteiger partial charge in [0.2, 0.25) is 0 Å². The summed E-state index contributed by atoms with van der Waals surface area (Å²) in [6.07, 6.45) is 1.77. The highest BCUT2D eigenvalue weighted by Gasteiger charge is 2.18. The Labute approximate surface area is 141 Å². The molecule has 0 radical (unpaired) electrons. The van der Waals surface area contributed by atoms with Crippen LogP contribution in [0.4, 0.5) is 0 Å². The molecule has 0 N–H and O–H groups in total. The number of benzene rings is 1. The van der Waals surface area contributed by atoms with Crippen LogP contribution in [0.15, 0.2) is 41.0 Å². The van der Waals surface area contributed by atoms with Crippen molar-refractivity contribution >= 4 is 50.3 Å². The second kappa shape index (κ2) is 5.95. The zero-order valence-electron chi connectivity index (χ0n) is 11.2. The Bertz CT molecular complexity index is 801. The minimum Gasteiger partial charge on any atom is -0.304 e. The number of rotatable bonds is 3. The summed E-state index contributed by atoms with van der Waals surface area (Å²) in [5, 5.41) is 0.715. The standard InChI is InChI=1S/C15H12BrCl2N3/c1-9(10-3-2-4-12(18)5-10)21-14(7-17)20-13-6-11(16)8-19-15(13)21/h2-6,8-9H,7H2,1H3. The summed E-state index contributed by atoms with van der Waals surface area (Å²) >= 11 is 15.6. The molecule has 108 valence electrons. The van der Waals surface area contributed by atoms with E-state index in [2.05, 4.69) is 37.4 Å². The van der Waals surface area contributed by atoms with E-state index in [0.717, 1.165) is 27.0 Å². The summed E-state index contributed by atoms with van der Waals surface area (Å²) in [4.78, 5) is 9.05. The largest absolute Gasteiger partial charge is 0.304 e. The van der Waals surface area contributed by atoms with Crippen molar-refractivity contribution < 1.29 is 0 Å². The Morgan fingerprint density at radius 1 is 1.33 bits per heavy atom. The Balaban J connectivity index is 2.18. The molecule has 2 heterocycles. The molecular weight excluding hydrogens is 373 g/mol. The highest BCUT2D eigenvalue weighted by Crippen LogP contribution is 2.28. The van der Waals surface area contributed by atoms with Crippen LogP contribution < -0.4 is 0 Å². The van der Waals surface area contributed by atoms with Gasteiger partial charge >= 0.3 is 0 Å². The van der Waals surface area contributed by atoms with Crippen LogP contribution in [-0.4, -0.2) is 14.5 Å². The van der Waals surface area contributed by atoms with Crippen LogP contribution in [0.2, 0.25) is 5.02 Å². The van der Waals surface area contributed by atoms with Crippen LogP contribution in [-0.2, 0) is 5.88 Å². The molecule has 0 amide bonds. The second-order valence-corrected chi connectivity index (χ2v) is 6.38. The maximum atomic E-state index is 6.09. The molecule has 0 spiro atoms. The van der Waals surface area contributed by atoms with Gasteiger partial charge in [-0.05, 0) is 46.6 Å². The SMILES string of the molecule is CC(c1cccc(Cl)c1)n1c(CCl)nc2cc(Br)cnc21. The van der Waals surface area contributed by atoms with E-state index in [1.54, 1.807) is 6.20 Å². The van der Waals surface area contributed by atoms with E-state index in [9.17, 15) is 0 Å². The highest BCUT2D eigenvalue weighted by atomic mass is 79.9. The topological polar surface area (TPSA) is 30.7 Å². The second-order valence-electron chi connectivity index (χ2n) is 4.76. The lowest BCUT2D eigenvalue weighted by Crippen LogP contribution is -2.10. The number of hydrogen-bond donors (Lipinski definition) is 0. The quantitative estimate of drug-likeness (QED) is 0.581. The first-order valence-corrected chi connectivity index (χ1v) is 8.14. The van der Waals surface area contributed by atoms with Crippen molar-refractivity contribution in [2.24, 2.45) is 0 Å². The van der Waals surface area contributed by atoms with Crippen molar-refractivity contribution in [3.63, 3.8) is 0 Å².